The number of para-hydroxylation sites is 1. The Hall–Kier alpha value is -3.18. The fourth-order valence-electron chi connectivity index (χ4n) is 4.85. The van der Waals surface area contributed by atoms with Crippen molar-refractivity contribution >= 4 is 55.1 Å². The minimum atomic E-state index is -3.23. The average molecular weight is 499 g/mol. The number of nitrogens with one attached hydrogen (secondary N) is 1. The number of benzene rings is 2. The molecule has 4 aromatic rings. The number of anilines is 1. The van der Waals surface area contributed by atoms with Crippen LogP contribution in [0.2, 0.25) is 0 Å². The van der Waals surface area contributed by atoms with Gasteiger partial charge >= 0.3 is 0 Å². The van der Waals surface area contributed by atoms with Crippen molar-refractivity contribution in [2.45, 2.75) is 29.9 Å². The summed E-state index contributed by atoms with van der Waals surface area (Å²) < 4.78 is 41.5. The molecule has 2 aliphatic heterocycles. The van der Waals surface area contributed by atoms with Gasteiger partial charge in [-0.05, 0) is 31.2 Å². The molecule has 0 aliphatic carbocycles. The van der Waals surface area contributed by atoms with Gasteiger partial charge in [0.1, 0.15) is 23.4 Å². The van der Waals surface area contributed by atoms with E-state index < -0.39 is 27.6 Å². The summed E-state index contributed by atoms with van der Waals surface area (Å²) in [7, 11) is -3.23. The van der Waals surface area contributed by atoms with Crippen molar-refractivity contribution in [3.63, 3.8) is 0 Å². The minimum Gasteiger partial charge on any atom is -0.325 e. The van der Waals surface area contributed by atoms with Crippen LogP contribution in [0.1, 0.15) is 11.6 Å². The lowest BCUT2D eigenvalue weighted by molar-refractivity contribution is -0.116. The highest BCUT2D eigenvalue weighted by Gasteiger charge is 2.46. The number of hydrogen-bond donors (Lipinski definition) is 1. The van der Waals surface area contributed by atoms with Crippen molar-refractivity contribution in [2.24, 2.45) is 0 Å². The topological polar surface area (TPSA) is 103 Å². The number of aromatic nitrogens is 3. The highest BCUT2D eigenvalue weighted by molar-refractivity contribution is 8.02. The Bertz CT molecular complexity index is 1690. The van der Waals surface area contributed by atoms with Crippen LogP contribution >= 0.6 is 11.8 Å². The van der Waals surface area contributed by atoms with Gasteiger partial charge in [0.15, 0.2) is 15.0 Å². The molecule has 1 saturated heterocycles. The number of thioether (sulfide) groups is 1. The number of carbonyl (C=O) groups is 1. The number of aryl methyl sites for hydroxylation is 1. The molecule has 2 atom stereocenters. The first-order valence-corrected chi connectivity index (χ1v) is 13.4. The summed E-state index contributed by atoms with van der Waals surface area (Å²) in [5.41, 5.74) is 2.02. The average Bonchev–Trinajstić information content (AvgIpc) is 3.35. The van der Waals surface area contributed by atoms with Gasteiger partial charge < -0.3 is 9.88 Å². The molecule has 0 saturated carbocycles. The van der Waals surface area contributed by atoms with Crippen molar-refractivity contribution < 1.29 is 17.6 Å². The van der Waals surface area contributed by atoms with Crippen molar-refractivity contribution in [2.75, 3.05) is 16.8 Å². The number of fused-ring (bicyclic) bond motifs is 6. The fraction of sp³-hybridized carbons (Fsp3) is 0.261. The van der Waals surface area contributed by atoms with Gasteiger partial charge in [0.25, 0.3) is 5.56 Å². The molecule has 2 aromatic carbocycles. The maximum atomic E-state index is 14.0. The predicted octanol–water partition coefficient (Wildman–Crippen LogP) is 2.88. The number of hydrogen-bond acceptors (Lipinski definition) is 6. The third kappa shape index (κ3) is 3.25. The summed E-state index contributed by atoms with van der Waals surface area (Å²) in [5, 5.41) is 3.55. The number of amides is 1. The maximum absolute atomic E-state index is 14.0. The van der Waals surface area contributed by atoms with Crippen LogP contribution in [0, 0.1) is 12.7 Å². The van der Waals surface area contributed by atoms with E-state index in [1.165, 1.54) is 34.5 Å². The van der Waals surface area contributed by atoms with Crippen LogP contribution in [-0.2, 0) is 21.2 Å². The fourth-order valence-corrected chi connectivity index (χ4v) is 8.75. The molecule has 1 N–H and O–H groups in total. The largest absolute Gasteiger partial charge is 0.325 e. The molecule has 174 valence electrons. The van der Waals surface area contributed by atoms with Gasteiger partial charge in [0.2, 0.25) is 5.91 Å². The molecule has 8 nitrogen and oxygen atoms in total. The van der Waals surface area contributed by atoms with E-state index in [2.05, 4.69) is 5.32 Å². The number of halogens is 1. The number of nitrogens with zero attached hydrogens (tertiary/aromatic N) is 3. The molecule has 11 heteroatoms. The van der Waals surface area contributed by atoms with Crippen LogP contribution in [0.5, 0.6) is 0 Å². The van der Waals surface area contributed by atoms with Gasteiger partial charge in [-0.15, -0.1) is 0 Å². The SMILES string of the molecule is Cc1ccc2c(c1)c1nc3n(c(=O)c1n2CC(=O)Nc1ccccc1F)[C@H]1CS(=O)(=O)C[C@H]1S3. The van der Waals surface area contributed by atoms with Crippen molar-refractivity contribution in [3.05, 3.63) is 64.2 Å². The van der Waals surface area contributed by atoms with Gasteiger partial charge in [-0.3, -0.25) is 14.2 Å². The Morgan fingerprint density at radius 1 is 1.24 bits per heavy atom. The molecule has 0 radical (unpaired) electrons. The molecule has 6 rings (SSSR count). The molecule has 34 heavy (non-hydrogen) atoms. The lowest BCUT2D eigenvalue weighted by Crippen LogP contribution is -2.29. The van der Waals surface area contributed by atoms with E-state index in [9.17, 15) is 22.4 Å². The van der Waals surface area contributed by atoms with Crippen LogP contribution < -0.4 is 10.9 Å². The molecule has 0 spiro atoms. The lowest BCUT2D eigenvalue weighted by Gasteiger charge is -2.12. The molecular formula is C23H19FN4O4S2. The van der Waals surface area contributed by atoms with E-state index in [0.29, 0.717) is 16.2 Å². The van der Waals surface area contributed by atoms with Gasteiger partial charge in [0.05, 0.1) is 28.8 Å². The Morgan fingerprint density at radius 3 is 2.82 bits per heavy atom. The van der Waals surface area contributed by atoms with Gasteiger partial charge in [-0.1, -0.05) is 35.5 Å². The normalized spacial score (nSPS) is 20.5. The van der Waals surface area contributed by atoms with Crippen LogP contribution in [0.4, 0.5) is 10.1 Å². The molecule has 1 amide bonds. The van der Waals surface area contributed by atoms with Crippen molar-refractivity contribution in [3.8, 4) is 0 Å². The van der Waals surface area contributed by atoms with E-state index in [1.807, 2.05) is 25.1 Å². The van der Waals surface area contributed by atoms with E-state index in [1.54, 1.807) is 10.6 Å². The maximum Gasteiger partial charge on any atom is 0.279 e. The summed E-state index contributed by atoms with van der Waals surface area (Å²) in [6.07, 6.45) is 0. The number of carbonyl (C=O) groups excluding carboxylic acids is 1. The Morgan fingerprint density at radius 2 is 2.03 bits per heavy atom. The molecule has 0 bridgehead atoms. The molecule has 1 fully saturated rings. The Labute approximate surface area is 197 Å². The molecule has 4 heterocycles. The summed E-state index contributed by atoms with van der Waals surface area (Å²) >= 11 is 1.32. The lowest BCUT2D eigenvalue weighted by atomic mass is 10.1. The molecule has 2 aliphatic rings. The first kappa shape index (κ1) is 21.4. The molecule has 0 unspecified atom stereocenters. The molecule has 2 aromatic heterocycles. The van der Waals surface area contributed by atoms with E-state index in [-0.39, 0.29) is 40.1 Å². The first-order valence-electron chi connectivity index (χ1n) is 10.7. The van der Waals surface area contributed by atoms with Gasteiger partial charge in [0, 0.05) is 10.6 Å². The zero-order chi connectivity index (χ0) is 23.8. The van der Waals surface area contributed by atoms with E-state index >= 15 is 0 Å². The summed E-state index contributed by atoms with van der Waals surface area (Å²) in [5.74, 6) is -1.14. The van der Waals surface area contributed by atoms with Crippen LogP contribution in [0.15, 0.2) is 52.4 Å². The van der Waals surface area contributed by atoms with Crippen LogP contribution in [0.25, 0.3) is 21.9 Å². The molecular weight excluding hydrogens is 479 g/mol. The van der Waals surface area contributed by atoms with Gasteiger partial charge in [-0.25, -0.2) is 17.8 Å². The number of sulfone groups is 1. The van der Waals surface area contributed by atoms with Crippen molar-refractivity contribution in [1.82, 2.24) is 14.1 Å². The number of rotatable bonds is 3. The third-order valence-corrected chi connectivity index (χ3v) is 9.55. The summed E-state index contributed by atoms with van der Waals surface area (Å²) in [6, 6.07) is 11.0. The quantitative estimate of drug-likeness (QED) is 0.436. The zero-order valence-corrected chi connectivity index (χ0v) is 19.6. The second-order valence-electron chi connectivity index (χ2n) is 8.70. The van der Waals surface area contributed by atoms with E-state index in [4.69, 9.17) is 4.98 Å². The Balaban J connectivity index is 1.52. The summed E-state index contributed by atoms with van der Waals surface area (Å²) in [6.45, 7) is 1.70. The van der Waals surface area contributed by atoms with Crippen LogP contribution in [-0.4, -0.2) is 45.2 Å². The third-order valence-electron chi connectivity index (χ3n) is 6.34. The highest BCUT2D eigenvalue weighted by atomic mass is 32.2. The predicted molar refractivity (Wildman–Crippen MR) is 129 cm³/mol. The zero-order valence-electron chi connectivity index (χ0n) is 18.0. The highest BCUT2D eigenvalue weighted by Crippen LogP contribution is 2.44. The second kappa shape index (κ2) is 7.41. The Kier molecular flexibility index (Phi) is 4.65. The second-order valence-corrected chi connectivity index (χ2v) is 12.1. The standard InChI is InChI=1S/C23H19FN4O4S2/c1-12-6-7-16-13(8-12)20-21(27(16)9-19(29)25-15-5-3-2-4-14(15)24)22(30)28-17-10-34(31,32)11-18(17)33-23(28)26-20/h2-8,17-18H,9-11H2,1H3,(H,25,29)/t17-,18+/m0/s1. The monoisotopic (exact) mass is 498 g/mol. The first-order chi connectivity index (χ1) is 16.2. The van der Waals surface area contributed by atoms with Crippen molar-refractivity contribution in [1.29, 1.82) is 0 Å². The van der Waals surface area contributed by atoms with E-state index in [0.717, 1.165) is 10.9 Å². The smallest absolute Gasteiger partial charge is 0.279 e. The summed E-state index contributed by atoms with van der Waals surface area (Å²) in [4.78, 5) is 31.4. The minimum absolute atomic E-state index is 0.0141. The van der Waals surface area contributed by atoms with Crippen LogP contribution in [0.3, 0.4) is 0 Å². The van der Waals surface area contributed by atoms with Gasteiger partial charge in [-0.2, -0.15) is 0 Å².